The van der Waals surface area contributed by atoms with Crippen LogP contribution in [0.2, 0.25) is 0 Å². The van der Waals surface area contributed by atoms with E-state index in [9.17, 15) is 18.4 Å². The summed E-state index contributed by atoms with van der Waals surface area (Å²) in [5.41, 5.74) is 2.49. The first kappa shape index (κ1) is 19.2. The Morgan fingerprint density at radius 1 is 1.14 bits per heavy atom. The highest BCUT2D eigenvalue weighted by molar-refractivity contribution is 7.09. The van der Waals surface area contributed by atoms with Gasteiger partial charge in [0.25, 0.3) is 5.91 Å². The van der Waals surface area contributed by atoms with E-state index in [1.54, 1.807) is 17.4 Å². The molecule has 148 valence electrons. The van der Waals surface area contributed by atoms with Gasteiger partial charge in [0.2, 0.25) is 5.91 Å². The predicted molar refractivity (Wildman–Crippen MR) is 107 cm³/mol. The second-order valence-electron chi connectivity index (χ2n) is 6.86. The lowest BCUT2D eigenvalue weighted by atomic mass is 9.97. The molecule has 2 heterocycles. The van der Waals surface area contributed by atoms with Gasteiger partial charge >= 0.3 is 0 Å². The fraction of sp³-hybridized carbons (Fsp3) is 0.190. The van der Waals surface area contributed by atoms with Gasteiger partial charge in [-0.3, -0.25) is 9.59 Å². The molecule has 29 heavy (non-hydrogen) atoms. The van der Waals surface area contributed by atoms with Crippen LogP contribution in [0.25, 0.3) is 11.3 Å². The van der Waals surface area contributed by atoms with Crippen LogP contribution in [0.15, 0.2) is 47.8 Å². The topological polar surface area (TPSA) is 62.3 Å². The van der Waals surface area contributed by atoms with Crippen molar-refractivity contribution in [2.45, 2.75) is 6.92 Å². The summed E-state index contributed by atoms with van der Waals surface area (Å²) in [4.78, 5) is 30.7. The Morgan fingerprint density at radius 3 is 2.62 bits per heavy atom. The molecule has 0 radical (unpaired) electrons. The zero-order valence-electron chi connectivity index (χ0n) is 15.5. The molecule has 5 nitrogen and oxygen atoms in total. The smallest absolute Gasteiger partial charge is 0.254 e. The Hall–Kier alpha value is -3.13. The van der Waals surface area contributed by atoms with Gasteiger partial charge in [0, 0.05) is 35.3 Å². The molecule has 0 unspecified atom stereocenters. The van der Waals surface area contributed by atoms with Crippen LogP contribution in [0.3, 0.4) is 0 Å². The van der Waals surface area contributed by atoms with Crippen LogP contribution in [0.4, 0.5) is 14.5 Å². The maximum atomic E-state index is 13.3. The van der Waals surface area contributed by atoms with Crippen molar-refractivity contribution in [3.63, 3.8) is 0 Å². The number of anilines is 1. The van der Waals surface area contributed by atoms with E-state index in [0.29, 0.717) is 5.69 Å². The lowest BCUT2D eigenvalue weighted by molar-refractivity contribution is -0.123. The van der Waals surface area contributed by atoms with Crippen LogP contribution in [-0.4, -0.2) is 34.8 Å². The highest BCUT2D eigenvalue weighted by atomic mass is 32.1. The molecule has 0 atom stereocenters. The number of thiazole rings is 1. The van der Waals surface area contributed by atoms with Gasteiger partial charge in [-0.25, -0.2) is 13.8 Å². The number of aromatic nitrogens is 1. The average molecular weight is 413 g/mol. The first-order chi connectivity index (χ1) is 13.9. The number of nitrogens with one attached hydrogen (secondary N) is 1. The van der Waals surface area contributed by atoms with E-state index < -0.39 is 17.5 Å². The van der Waals surface area contributed by atoms with Crippen molar-refractivity contribution in [2.24, 2.45) is 5.92 Å². The molecule has 0 bridgehead atoms. The fourth-order valence-corrected chi connectivity index (χ4v) is 3.74. The van der Waals surface area contributed by atoms with E-state index in [0.717, 1.165) is 28.4 Å². The Bertz CT molecular complexity index is 1090. The summed E-state index contributed by atoms with van der Waals surface area (Å²) in [7, 11) is 0. The van der Waals surface area contributed by atoms with Gasteiger partial charge in [-0.15, -0.1) is 11.3 Å². The van der Waals surface area contributed by atoms with E-state index in [1.807, 2.05) is 30.5 Å². The molecule has 3 aromatic rings. The van der Waals surface area contributed by atoms with Crippen molar-refractivity contribution in [1.82, 2.24) is 9.88 Å². The number of nitrogens with zero attached hydrogens (tertiary/aromatic N) is 2. The van der Waals surface area contributed by atoms with Crippen LogP contribution in [0.5, 0.6) is 0 Å². The molecule has 1 aliphatic rings. The molecule has 1 fully saturated rings. The van der Waals surface area contributed by atoms with E-state index in [4.69, 9.17) is 0 Å². The zero-order chi connectivity index (χ0) is 20.5. The molecule has 1 saturated heterocycles. The standard InChI is InChI=1S/C21H17F2N3O2S/c1-12-24-19(11-29-12)13-3-2-4-16(7-13)25-20(27)15-9-26(10-15)21(28)14-5-6-17(22)18(23)8-14/h2-8,11,15H,9-10H2,1H3,(H,25,27). The van der Waals surface area contributed by atoms with E-state index in [2.05, 4.69) is 10.3 Å². The molecule has 8 heteroatoms. The number of carbonyl (C=O) groups excluding carboxylic acids is 2. The number of hydrogen-bond donors (Lipinski definition) is 1. The fourth-order valence-electron chi connectivity index (χ4n) is 3.12. The first-order valence-corrected chi connectivity index (χ1v) is 9.86. The normalized spacial score (nSPS) is 13.8. The molecule has 2 aromatic carbocycles. The predicted octanol–water partition coefficient (Wildman–Crippen LogP) is 4.11. The number of amides is 2. The van der Waals surface area contributed by atoms with Gasteiger partial charge in [0.15, 0.2) is 11.6 Å². The zero-order valence-corrected chi connectivity index (χ0v) is 16.3. The quantitative estimate of drug-likeness (QED) is 0.700. The summed E-state index contributed by atoms with van der Waals surface area (Å²) in [6.45, 7) is 2.40. The van der Waals surface area contributed by atoms with Crippen LogP contribution in [-0.2, 0) is 4.79 Å². The molecule has 2 amide bonds. The summed E-state index contributed by atoms with van der Waals surface area (Å²) in [6, 6.07) is 10.5. The molecule has 0 saturated carbocycles. The number of likely N-dealkylation sites (tertiary alicyclic amines) is 1. The van der Waals surface area contributed by atoms with Crippen molar-refractivity contribution in [1.29, 1.82) is 0 Å². The van der Waals surface area contributed by atoms with Gasteiger partial charge in [-0.05, 0) is 37.3 Å². The number of aryl methyl sites for hydroxylation is 1. The van der Waals surface area contributed by atoms with Crippen LogP contribution in [0.1, 0.15) is 15.4 Å². The molecule has 4 rings (SSSR count). The minimum Gasteiger partial charge on any atom is -0.337 e. The molecule has 1 N–H and O–H groups in total. The minimum atomic E-state index is -1.07. The lowest BCUT2D eigenvalue weighted by Gasteiger charge is -2.38. The molecular weight excluding hydrogens is 396 g/mol. The van der Waals surface area contributed by atoms with Crippen molar-refractivity contribution in [3.8, 4) is 11.3 Å². The van der Waals surface area contributed by atoms with Crippen molar-refractivity contribution in [3.05, 3.63) is 70.1 Å². The molecule has 0 spiro atoms. The SMILES string of the molecule is Cc1nc(-c2cccc(NC(=O)C3CN(C(=O)c4ccc(F)c(F)c4)C3)c2)cs1. The summed E-state index contributed by atoms with van der Waals surface area (Å²) in [5.74, 6) is -3.03. The summed E-state index contributed by atoms with van der Waals surface area (Å²) in [5, 5.41) is 5.80. The van der Waals surface area contributed by atoms with E-state index in [-0.39, 0.29) is 30.5 Å². The second-order valence-corrected chi connectivity index (χ2v) is 7.92. The van der Waals surface area contributed by atoms with Gasteiger partial charge in [-0.1, -0.05) is 12.1 Å². The van der Waals surface area contributed by atoms with Crippen LogP contribution >= 0.6 is 11.3 Å². The Morgan fingerprint density at radius 2 is 1.93 bits per heavy atom. The minimum absolute atomic E-state index is 0.0639. The van der Waals surface area contributed by atoms with Gasteiger partial charge < -0.3 is 10.2 Å². The lowest BCUT2D eigenvalue weighted by Crippen LogP contribution is -2.54. The van der Waals surface area contributed by atoms with Crippen molar-refractivity contribution in [2.75, 3.05) is 18.4 Å². The first-order valence-electron chi connectivity index (χ1n) is 8.98. The monoisotopic (exact) mass is 413 g/mol. The largest absolute Gasteiger partial charge is 0.337 e. The van der Waals surface area contributed by atoms with Gasteiger partial charge in [-0.2, -0.15) is 0 Å². The maximum Gasteiger partial charge on any atom is 0.254 e. The molecule has 1 aliphatic heterocycles. The number of halogens is 2. The highest BCUT2D eigenvalue weighted by Crippen LogP contribution is 2.26. The third-order valence-electron chi connectivity index (χ3n) is 4.75. The van der Waals surface area contributed by atoms with Crippen molar-refractivity contribution >= 4 is 28.8 Å². The summed E-state index contributed by atoms with van der Waals surface area (Å²) in [6.07, 6.45) is 0. The summed E-state index contributed by atoms with van der Waals surface area (Å²) < 4.78 is 26.3. The number of carbonyl (C=O) groups is 2. The third kappa shape index (κ3) is 4.02. The van der Waals surface area contributed by atoms with E-state index in [1.165, 1.54) is 11.0 Å². The van der Waals surface area contributed by atoms with Crippen LogP contribution < -0.4 is 5.32 Å². The maximum absolute atomic E-state index is 13.3. The van der Waals surface area contributed by atoms with E-state index >= 15 is 0 Å². The Kier molecular flexibility index (Phi) is 5.10. The molecule has 0 aliphatic carbocycles. The number of benzene rings is 2. The third-order valence-corrected chi connectivity index (χ3v) is 5.52. The van der Waals surface area contributed by atoms with Gasteiger partial charge in [0.1, 0.15) is 0 Å². The Balaban J connectivity index is 1.36. The molecular formula is C21H17F2N3O2S. The average Bonchev–Trinajstić information content (AvgIpc) is 3.09. The van der Waals surface area contributed by atoms with Crippen molar-refractivity contribution < 1.29 is 18.4 Å². The second kappa shape index (κ2) is 7.71. The molecule has 1 aromatic heterocycles. The number of hydrogen-bond acceptors (Lipinski definition) is 4. The van der Waals surface area contributed by atoms with Gasteiger partial charge in [0.05, 0.1) is 16.6 Å². The van der Waals surface area contributed by atoms with Crippen LogP contribution in [0, 0.1) is 24.5 Å². The highest BCUT2D eigenvalue weighted by Gasteiger charge is 2.36. The summed E-state index contributed by atoms with van der Waals surface area (Å²) >= 11 is 1.56. The number of rotatable bonds is 4. The Labute approximate surface area is 170 Å².